The standard InChI is InChI=1S/C20H18O.C20H16O.C19H16O2.C12H12O.C7H5ClO.CH4.S16/c2*21-20(14-7-2-1-3-8-14)19-17-11-5-4-9-15(17)13-16-10-6-12-18(16)19;20-19(18-12-5-2-6-13-18)14-8-16-21-15-7-11-17-9-3-1-4-10-17;1-2-10-13-11-6-9-12-7-4-3-5-8-12;8-7(9)6-4-2-1-3-5-6;;1-3-5-7-9-11-13-15-16-14-12-10-8-6-4-2/h1-5,7-9,11,16H,6,10,12-13H2;1-5,7-9,11,13H,6,10,12H2;1-7,9-13H,15-16H2;1,3-9H,10-11H2;1-5H;1H4;/b;;11-7+;9-6+;;;. The van der Waals surface area contributed by atoms with Crippen molar-refractivity contribution >= 4 is 209 Å². The van der Waals surface area contributed by atoms with Crippen molar-refractivity contribution < 1.29 is 28.7 Å². The largest absolute Gasteiger partial charge is 0.365 e. The van der Waals surface area contributed by atoms with Gasteiger partial charge in [0, 0.05) is 180 Å². The van der Waals surface area contributed by atoms with Crippen LogP contribution < -0.4 is 0 Å². The molecule has 0 radical (unpaired) electrons. The summed E-state index contributed by atoms with van der Waals surface area (Å²) in [5.41, 5.74) is 13.5. The van der Waals surface area contributed by atoms with Gasteiger partial charge in [0.25, 0.3) is 5.24 Å². The Balaban J connectivity index is 0.000000196. The Morgan fingerprint density at radius 3 is 1.45 bits per heavy atom. The van der Waals surface area contributed by atoms with E-state index in [0.717, 1.165) is 65.3 Å². The number of allylic oxidation sites excluding steroid dienone is 2. The second-order valence-electron chi connectivity index (χ2n) is 21.2. The zero-order chi connectivity index (χ0) is 71.2. The molecule has 0 bridgehead atoms. The van der Waals surface area contributed by atoms with Crippen molar-refractivity contribution in [3.63, 3.8) is 0 Å². The number of rotatable bonds is 14. The van der Waals surface area contributed by atoms with Crippen LogP contribution in [0.25, 0.3) is 28.5 Å². The predicted octanol–water partition coefficient (Wildman–Crippen LogP) is 17.9. The molecule has 0 amide bonds. The van der Waals surface area contributed by atoms with E-state index >= 15 is 0 Å². The lowest BCUT2D eigenvalue weighted by Crippen LogP contribution is -2.17. The Labute approximate surface area is 654 Å². The average molecular weight is 1660 g/mol. The molecular weight excluding hydrogens is 1590 g/mol. The molecule has 1 atom stereocenters. The zero-order valence-electron chi connectivity index (χ0n) is 54.1. The summed E-state index contributed by atoms with van der Waals surface area (Å²) in [5.74, 6) is 8.47. The van der Waals surface area contributed by atoms with E-state index in [9.17, 15) is 19.2 Å². The number of benzene rings is 9. The van der Waals surface area contributed by atoms with Crippen LogP contribution in [0.4, 0.5) is 0 Å². The van der Waals surface area contributed by atoms with Crippen LogP contribution in [0, 0.1) is 30.1 Å². The highest BCUT2D eigenvalue weighted by Gasteiger charge is 2.33. The van der Waals surface area contributed by atoms with Gasteiger partial charge in [0.2, 0.25) is 5.78 Å². The Morgan fingerprint density at radius 2 is 0.941 bits per heavy atom. The van der Waals surface area contributed by atoms with Crippen LogP contribution >= 0.6 is 11.6 Å². The van der Waals surface area contributed by atoms with Crippen LogP contribution in [0.3, 0.4) is 0 Å². The highest BCUT2D eigenvalue weighted by Crippen LogP contribution is 2.45. The molecule has 0 aliphatic heterocycles. The Morgan fingerprint density at radius 1 is 0.490 bits per heavy atom. The normalized spacial score (nSPS) is 12.2. The molecule has 102 heavy (non-hydrogen) atoms. The summed E-state index contributed by atoms with van der Waals surface area (Å²) < 4.78 is 10.4. The van der Waals surface area contributed by atoms with E-state index in [1.807, 2.05) is 188 Å². The number of aryl methyl sites for hydroxylation is 1. The number of carbonyl (C=O) groups is 4. The molecule has 1 saturated carbocycles. The van der Waals surface area contributed by atoms with Gasteiger partial charge < -0.3 is 9.47 Å². The summed E-state index contributed by atoms with van der Waals surface area (Å²) >= 11 is 14.6. The van der Waals surface area contributed by atoms with Gasteiger partial charge in [-0.05, 0) is 113 Å². The first kappa shape index (κ1) is 84.9. The molecule has 3 aliphatic rings. The van der Waals surface area contributed by atoms with Crippen molar-refractivity contribution in [2.75, 3.05) is 26.4 Å². The van der Waals surface area contributed by atoms with Crippen LogP contribution in [0.1, 0.15) is 113 Å². The number of hydrogen-bond acceptors (Lipinski definition) is 8. The summed E-state index contributed by atoms with van der Waals surface area (Å²) in [7, 11) is 23.5. The van der Waals surface area contributed by atoms with Crippen molar-refractivity contribution in [1.29, 1.82) is 0 Å². The van der Waals surface area contributed by atoms with Crippen molar-refractivity contribution in [3.05, 3.63) is 316 Å². The van der Waals surface area contributed by atoms with Gasteiger partial charge >= 0.3 is 0 Å². The van der Waals surface area contributed by atoms with Gasteiger partial charge in [-0.1, -0.05) is 286 Å². The minimum atomic E-state index is -0.407. The SMILES string of the molecule is C.C#CCOC/C=C/c1ccccc1.O=C(C#CCOC/C=C/c1ccccc1)c1ccccc1.O=C(C1=C2CCCC2Cc2ccccc21)c1ccccc1.O=C(Cl)c1ccccc1.O=C(c1ccccc1)c1c2c(cc3ccccc13)CCC2.S=S=S=S=S=S=S=S=S=S=S=S=S=S=S=S. The summed E-state index contributed by atoms with van der Waals surface area (Å²) in [6, 6.07) is 76.1. The van der Waals surface area contributed by atoms with Gasteiger partial charge in [-0.2, -0.15) is 0 Å². The number of ether oxygens (including phenoxy) is 2. The maximum atomic E-state index is 13.0. The molecule has 1 unspecified atom stereocenters. The molecule has 0 spiro atoms. The monoisotopic (exact) mass is 1660 g/mol. The highest BCUT2D eigenvalue weighted by atomic mass is 35.5. The van der Waals surface area contributed by atoms with Gasteiger partial charge in [0.1, 0.15) is 13.2 Å². The van der Waals surface area contributed by atoms with E-state index in [-0.39, 0.29) is 31.4 Å². The number of fused-ring (bicyclic) bond motifs is 4. The summed E-state index contributed by atoms with van der Waals surface area (Å²) in [6.45, 7) is 1.67. The van der Waals surface area contributed by atoms with Crippen LogP contribution in [0.5, 0.6) is 0 Å². The van der Waals surface area contributed by atoms with E-state index in [1.165, 1.54) is 69.4 Å². The first-order valence-electron chi connectivity index (χ1n) is 31.2. The zero-order valence-corrected chi connectivity index (χ0v) is 67.9. The van der Waals surface area contributed by atoms with E-state index < -0.39 is 5.24 Å². The predicted molar refractivity (Wildman–Crippen MR) is 472 cm³/mol. The molecule has 0 aromatic heterocycles. The Kier molecular flexibility index (Phi) is 43.3. The lowest BCUT2D eigenvalue weighted by Gasteiger charge is -2.25. The molecule has 9 aromatic rings. The van der Waals surface area contributed by atoms with Crippen LogP contribution in [0.15, 0.2) is 254 Å². The van der Waals surface area contributed by atoms with Crippen molar-refractivity contribution in [1.82, 2.24) is 0 Å². The van der Waals surface area contributed by atoms with Gasteiger partial charge in [-0.25, -0.2) is 0 Å². The van der Waals surface area contributed by atoms with Crippen molar-refractivity contribution in [3.8, 4) is 24.2 Å². The Hall–Kier alpha value is -6.01. The molecular formula is C79H71ClO6S16. The Bertz CT molecular complexity index is 5080. The highest BCUT2D eigenvalue weighted by molar-refractivity contribution is 8.77. The molecule has 526 valence electrons. The molecule has 0 saturated heterocycles. The lowest BCUT2D eigenvalue weighted by atomic mass is 9.78. The number of hydrogen-bond donors (Lipinski definition) is 0. The topological polar surface area (TPSA) is 86.7 Å². The summed E-state index contributed by atoms with van der Waals surface area (Å²) in [6.07, 6.45) is 20.8. The number of Topliss-reactive ketones (excluding diaryl/α,β-unsaturated/α-hetero) is 2. The molecule has 9 aromatic carbocycles. The molecule has 6 nitrogen and oxygen atoms in total. The summed E-state index contributed by atoms with van der Waals surface area (Å²) in [4.78, 5) is 48.2. The first-order valence-corrected chi connectivity index (χ1v) is 51.6. The maximum absolute atomic E-state index is 13.0. The van der Waals surface area contributed by atoms with Gasteiger partial charge in [0.05, 0.1) is 13.2 Å². The minimum absolute atomic E-state index is 0. The fourth-order valence-corrected chi connectivity index (χ4v) is 43.7. The molecule has 23 heteroatoms. The first-order chi connectivity index (χ1) is 49.7. The molecule has 1 fully saturated rings. The molecule has 3 aliphatic carbocycles. The van der Waals surface area contributed by atoms with E-state index in [0.29, 0.717) is 36.9 Å². The van der Waals surface area contributed by atoms with Gasteiger partial charge in [0.15, 0.2) is 11.6 Å². The third kappa shape index (κ3) is 31.0. The third-order valence-electron chi connectivity index (χ3n) is 14.8. The lowest BCUT2D eigenvalue weighted by molar-refractivity contribution is 0.103. The maximum Gasteiger partial charge on any atom is 0.252 e. The number of ketones is 3. The van der Waals surface area contributed by atoms with Crippen molar-refractivity contribution in [2.24, 2.45) is 5.92 Å². The van der Waals surface area contributed by atoms with E-state index in [1.54, 1.807) is 143 Å². The van der Waals surface area contributed by atoms with Gasteiger partial charge in [-0.3, -0.25) is 19.2 Å². The molecule has 12 rings (SSSR count). The van der Waals surface area contributed by atoms with E-state index in [2.05, 4.69) is 54.2 Å². The smallest absolute Gasteiger partial charge is 0.252 e. The molecule has 0 N–H and O–H groups in total. The number of halogens is 1. The quantitative estimate of drug-likeness (QED) is 0.0350. The van der Waals surface area contributed by atoms with Crippen LogP contribution in [-0.2, 0) is 175 Å². The third-order valence-corrected chi connectivity index (χ3v) is 43.9. The number of terminal acetylenes is 1. The molecule has 0 heterocycles. The van der Waals surface area contributed by atoms with Gasteiger partial charge in [-0.15, -0.1) is 6.42 Å². The second-order valence-corrected chi connectivity index (χ2v) is 46.3. The average Bonchev–Trinajstić information content (AvgIpc) is 1.26. The summed E-state index contributed by atoms with van der Waals surface area (Å²) in [5, 5.41) is 1.86. The number of carbonyl (C=O) groups excluding carboxylic acids is 4. The fourth-order valence-electron chi connectivity index (χ4n) is 10.6. The second kappa shape index (κ2) is 52.0. The fraction of sp³-hybridized carbons (Fsp3) is 0.165. The van der Waals surface area contributed by atoms with Crippen LogP contribution in [0.2, 0.25) is 0 Å². The minimum Gasteiger partial charge on any atom is -0.365 e. The van der Waals surface area contributed by atoms with Crippen LogP contribution in [-0.4, -0.2) is 49.0 Å². The van der Waals surface area contributed by atoms with Crippen molar-refractivity contribution in [2.45, 2.75) is 52.4 Å². The van der Waals surface area contributed by atoms with E-state index in [4.69, 9.17) is 49.9 Å².